The van der Waals surface area contributed by atoms with Gasteiger partial charge in [0.05, 0.1) is 0 Å². The van der Waals surface area contributed by atoms with E-state index in [2.05, 4.69) is 195 Å². The molecule has 0 saturated heterocycles. The van der Waals surface area contributed by atoms with Crippen molar-refractivity contribution >= 4 is 17.1 Å². The number of anilines is 3. The van der Waals surface area contributed by atoms with E-state index in [1.54, 1.807) is 0 Å². The number of hydrogen-bond acceptors (Lipinski definition) is 1. The SMILES string of the molecule is CC1(C)c2cc(-c3ccccc3)ccc2-c2ccc(N(c3ccc(-c4ccccc4)cc3)c3cccc(-c4ccccc4)c3)cc21. The van der Waals surface area contributed by atoms with Crippen molar-refractivity contribution in [2.45, 2.75) is 19.3 Å². The molecule has 0 spiro atoms. The Bertz CT molecular complexity index is 2140. The quantitative estimate of drug-likeness (QED) is 0.186. The van der Waals surface area contributed by atoms with E-state index < -0.39 is 0 Å². The van der Waals surface area contributed by atoms with Gasteiger partial charge in [-0.3, -0.25) is 0 Å². The lowest BCUT2D eigenvalue weighted by molar-refractivity contribution is 0.660. The standard InChI is InChI=1S/C45H35N/c1-45(2)43-30-37(34-17-10-5-11-18-34)23-27-41(43)42-28-26-40(31-44(42)45)46(38-24-21-35(22-25-38)32-13-6-3-7-14-32)39-20-12-19-36(29-39)33-15-8-4-9-16-33/h3-31H,1-2H3. The monoisotopic (exact) mass is 589 g/mol. The fourth-order valence-corrected chi connectivity index (χ4v) is 7.01. The van der Waals surface area contributed by atoms with E-state index in [9.17, 15) is 0 Å². The smallest absolute Gasteiger partial charge is 0.0467 e. The zero-order valence-corrected chi connectivity index (χ0v) is 26.2. The molecule has 8 rings (SSSR count). The van der Waals surface area contributed by atoms with E-state index in [0.717, 1.165) is 17.1 Å². The van der Waals surface area contributed by atoms with Crippen molar-refractivity contribution in [3.8, 4) is 44.5 Å². The lowest BCUT2D eigenvalue weighted by Gasteiger charge is -2.28. The maximum Gasteiger partial charge on any atom is 0.0467 e. The van der Waals surface area contributed by atoms with Crippen molar-refractivity contribution in [3.05, 3.63) is 187 Å². The molecule has 0 unspecified atom stereocenters. The van der Waals surface area contributed by atoms with E-state index in [0.29, 0.717) is 0 Å². The molecule has 1 heteroatoms. The first-order valence-electron chi connectivity index (χ1n) is 16.0. The molecular formula is C45H35N. The summed E-state index contributed by atoms with van der Waals surface area (Å²) >= 11 is 0. The van der Waals surface area contributed by atoms with Crippen molar-refractivity contribution in [1.29, 1.82) is 0 Å². The van der Waals surface area contributed by atoms with Gasteiger partial charge in [0.2, 0.25) is 0 Å². The third-order valence-electron chi connectivity index (χ3n) is 9.47. The molecule has 46 heavy (non-hydrogen) atoms. The van der Waals surface area contributed by atoms with Gasteiger partial charge < -0.3 is 4.90 Å². The zero-order chi connectivity index (χ0) is 31.1. The first kappa shape index (κ1) is 27.9. The lowest BCUT2D eigenvalue weighted by atomic mass is 9.81. The summed E-state index contributed by atoms with van der Waals surface area (Å²) < 4.78 is 0. The molecule has 0 saturated carbocycles. The Morgan fingerprint density at radius 3 is 1.35 bits per heavy atom. The van der Waals surface area contributed by atoms with Gasteiger partial charge in [-0.05, 0) is 98.1 Å². The van der Waals surface area contributed by atoms with Crippen LogP contribution in [0.15, 0.2) is 176 Å². The second-order valence-corrected chi connectivity index (χ2v) is 12.6. The molecule has 7 aromatic carbocycles. The van der Waals surface area contributed by atoms with Crippen molar-refractivity contribution in [3.63, 3.8) is 0 Å². The summed E-state index contributed by atoms with van der Waals surface area (Å²) in [5.74, 6) is 0. The minimum atomic E-state index is -0.139. The number of hydrogen-bond donors (Lipinski definition) is 0. The van der Waals surface area contributed by atoms with Gasteiger partial charge in [-0.15, -0.1) is 0 Å². The summed E-state index contributed by atoms with van der Waals surface area (Å²) in [5, 5.41) is 0. The molecule has 0 atom stereocenters. The highest BCUT2D eigenvalue weighted by molar-refractivity contribution is 5.88. The van der Waals surface area contributed by atoms with E-state index in [1.807, 2.05) is 0 Å². The highest BCUT2D eigenvalue weighted by Gasteiger charge is 2.36. The predicted octanol–water partition coefficient (Wildman–Crippen LogP) is 12.5. The number of fused-ring (bicyclic) bond motifs is 3. The molecule has 1 aliphatic carbocycles. The molecule has 0 aromatic heterocycles. The molecule has 0 amide bonds. The minimum Gasteiger partial charge on any atom is -0.310 e. The average Bonchev–Trinajstić information content (AvgIpc) is 3.35. The predicted molar refractivity (Wildman–Crippen MR) is 195 cm³/mol. The third kappa shape index (κ3) is 4.91. The molecule has 0 heterocycles. The molecule has 0 fully saturated rings. The zero-order valence-electron chi connectivity index (χ0n) is 26.2. The molecule has 0 N–H and O–H groups in total. The molecule has 7 aromatic rings. The van der Waals surface area contributed by atoms with Crippen LogP contribution in [-0.4, -0.2) is 0 Å². The van der Waals surface area contributed by atoms with E-state index >= 15 is 0 Å². The molecule has 220 valence electrons. The molecule has 0 radical (unpaired) electrons. The van der Waals surface area contributed by atoms with Crippen LogP contribution in [0.2, 0.25) is 0 Å². The van der Waals surface area contributed by atoms with Crippen LogP contribution in [0.1, 0.15) is 25.0 Å². The van der Waals surface area contributed by atoms with Crippen LogP contribution < -0.4 is 4.90 Å². The third-order valence-corrected chi connectivity index (χ3v) is 9.47. The fourth-order valence-electron chi connectivity index (χ4n) is 7.01. The Balaban J connectivity index is 1.24. The summed E-state index contributed by atoms with van der Waals surface area (Å²) in [7, 11) is 0. The Morgan fingerprint density at radius 1 is 0.326 bits per heavy atom. The van der Waals surface area contributed by atoms with Crippen LogP contribution in [0.5, 0.6) is 0 Å². The van der Waals surface area contributed by atoms with Gasteiger partial charge >= 0.3 is 0 Å². The van der Waals surface area contributed by atoms with Gasteiger partial charge in [0.1, 0.15) is 0 Å². The first-order valence-corrected chi connectivity index (χ1v) is 16.0. The average molecular weight is 590 g/mol. The fraction of sp³-hybridized carbons (Fsp3) is 0.0667. The van der Waals surface area contributed by atoms with Crippen molar-refractivity contribution in [2.75, 3.05) is 4.90 Å². The normalized spacial score (nSPS) is 12.7. The van der Waals surface area contributed by atoms with Crippen LogP contribution in [0.4, 0.5) is 17.1 Å². The second kappa shape index (κ2) is 11.4. The van der Waals surface area contributed by atoms with Crippen LogP contribution >= 0.6 is 0 Å². The highest BCUT2D eigenvalue weighted by Crippen LogP contribution is 2.51. The number of rotatable bonds is 6. The molecule has 0 bridgehead atoms. The van der Waals surface area contributed by atoms with Gasteiger partial charge in [-0.25, -0.2) is 0 Å². The van der Waals surface area contributed by atoms with Gasteiger partial charge in [0, 0.05) is 22.5 Å². The Kier molecular flexibility index (Phi) is 6.88. The largest absolute Gasteiger partial charge is 0.310 e. The summed E-state index contributed by atoms with van der Waals surface area (Å²) in [5.41, 5.74) is 16.0. The highest BCUT2D eigenvalue weighted by atomic mass is 15.1. The van der Waals surface area contributed by atoms with Gasteiger partial charge in [-0.1, -0.05) is 147 Å². The van der Waals surface area contributed by atoms with E-state index in [-0.39, 0.29) is 5.41 Å². The number of nitrogens with zero attached hydrogens (tertiary/aromatic N) is 1. The summed E-state index contributed by atoms with van der Waals surface area (Å²) in [6.45, 7) is 4.73. The van der Waals surface area contributed by atoms with Crippen molar-refractivity contribution in [2.24, 2.45) is 0 Å². The Hall–Kier alpha value is -5.66. The summed E-state index contributed by atoms with van der Waals surface area (Å²) in [4.78, 5) is 2.40. The second-order valence-electron chi connectivity index (χ2n) is 12.6. The van der Waals surface area contributed by atoms with E-state index in [1.165, 1.54) is 55.6 Å². The van der Waals surface area contributed by atoms with E-state index in [4.69, 9.17) is 0 Å². The lowest BCUT2D eigenvalue weighted by Crippen LogP contribution is -2.16. The Labute approximate surface area is 272 Å². The maximum absolute atomic E-state index is 2.41. The minimum absolute atomic E-state index is 0.139. The van der Waals surface area contributed by atoms with Crippen molar-refractivity contribution < 1.29 is 0 Å². The molecule has 1 aliphatic rings. The molecular weight excluding hydrogens is 555 g/mol. The van der Waals surface area contributed by atoms with Gasteiger partial charge in [-0.2, -0.15) is 0 Å². The van der Waals surface area contributed by atoms with Gasteiger partial charge in [0.25, 0.3) is 0 Å². The molecule has 0 aliphatic heterocycles. The molecule has 1 nitrogen and oxygen atoms in total. The maximum atomic E-state index is 2.41. The summed E-state index contributed by atoms with van der Waals surface area (Å²) in [6, 6.07) is 63.8. The van der Waals surface area contributed by atoms with Crippen LogP contribution in [-0.2, 0) is 5.41 Å². The van der Waals surface area contributed by atoms with Crippen LogP contribution in [0.25, 0.3) is 44.5 Å². The number of benzene rings is 7. The first-order chi connectivity index (χ1) is 22.6. The summed E-state index contributed by atoms with van der Waals surface area (Å²) in [6.07, 6.45) is 0. The Morgan fingerprint density at radius 2 is 0.739 bits per heavy atom. The van der Waals surface area contributed by atoms with Crippen LogP contribution in [0, 0.1) is 0 Å². The van der Waals surface area contributed by atoms with Gasteiger partial charge in [0.15, 0.2) is 0 Å². The topological polar surface area (TPSA) is 3.24 Å². The van der Waals surface area contributed by atoms with Crippen molar-refractivity contribution in [1.82, 2.24) is 0 Å². The van der Waals surface area contributed by atoms with Crippen LogP contribution in [0.3, 0.4) is 0 Å².